The predicted octanol–water partition coefficient (Wildman–Crippen LogP) is 0.366. The van der Waals surface area contributed by atoms with E-state index in [-0.39, 0.29) is 12.2 Å². The lowest BCUT2D eigenvalue weighted by atomic mass is 10.2. The van der Waals surface area contributed by atoms with Crippen LogP contribution in [0.25, 0.3) is 0 Å². The summed E-state index contributed by atoms with van der Waals surface area (Å²) in [6, 6.07) is 5.79. The molecule has 1 aromatic rings. The van der Waals surface area contributed by atoms with E-state index >= 15 is 0 Å². The van der Waals surface area contributed by atoms with Gasteiger partial charge in [0.05, 0.1) is 12.2 Å². The van der Waals surface area contributed by atoms with Gasteiger partial charge in [0, 0.05) is 45.5 Å². The number of hydrogen-bond acceptors (Lipinski definition) is 5. The van der Waals surface area contributed by atoms with E-state index in [1.807, 2.05) is 32.0 Å². The molecular weight excluding hydrogens is 308 g/mol. The number of carbonyl (C=O) groups excluding carboxylic acids is 2. The number of ether oxygens (including phenoxy) is 1. The van der Waals surface area contributed by atoms with Gasteiger partial charge in [0.25, 0.3) is 0 Å². The van der Waals surface area contributed by atoms with Crippen LogP contribution < -0.4 is 4.90 Å². The van der Waals surface area contributed by atoms with Crippen molar-refractivity contribution in [3.63, 3.8) is 0 Å². The zero-order valence-electron chi connectivity index (χ0n) is 14.2. The van der Waals surface area contributed by atoms with E-state index in [9.17, 15) is 9.59 Å². The second kappa shape index (κ2) is 7.17. The molecule has 0 aromatic carbocycles. The average molecular weight is 332 g/mol. The molecule has 2 fully saturated rings. The third-order valence-corrected chi connectivity index (χ3v) is 4.43. The zero-order valence-corrected chi connectivity index (χ0v) is 14.2. The molecule has 0 bridgehead atoms. The molecule has 2 atom stereocenters. The minimum absolute atomic E-state index is 0.0356. The largest absolute Gasteiger partial charge is 0.372 e. The van der Waals surface area contributed by atoms with Crippen LogP contribution in [-0.2, 0) is 14.3 Å². The number of morpholine rings is 1. The Morgan fingerprint density at radius 1 is 1.00 bits per heavy atom. The minimum Gasteiger partial charge on any atom is -0.372 e. The highest BCUT2D eigenvalue weighted by molar-refractivity contribution is 6.35. The molecule has 2 saturated heterocycles. The molecule has 1 aromatic heterocycles. The molecule has 0 spiro atoms. The first-order valence-electron chi connectivity index (χ1n) is 8.44. The van der Waals surface area contributed by atoms with Crippen molar-refractivity contribution in [1.82, 2.24) is 14.8 Å². The van der Waals surface area contributed by atoms with E-state index in [1.165, 1.54) is 0 Å². The Morgan fingerprint density at radius 2 is 1.62 bits per heavy atom. The molecule has 0 N–H and O–H groups in total. The van der Waals surface area contributed by atoms with Crippen LogP contribution in [0.1, 0.15) is 13.8 Å². The normalized spacial score (nSPS) is 24.8. The van der Waals surface area contributed by atoms with Gasteiger partial charge in [-0.05, 0) is 26.0 Å². The Morgan fingerprint density at radius 3 is 2.21 bits per heavy atom. The molecule has 2 unspecified atom stereocenters. The van der Waals surface area contributed by atoms with Gasteiger partial charge in [-0.2, -0.15) is 0 Å². The summed E-state index contributed by atoms with van der Waals surface area (Å²) in [5, 5.41) is 0. The second-order valence-electron chi connectivity index (χ2n) is 6.43. The SMILES string of the molecule is CC1CN(C(=O)C(=O)N2CCN(c3ccccn3)CC2)CC(C)O1. The number of hydrogen-bond donors (Lipinski definition) is 0. The number of anilines is 1. The van der Waals surface area contributed by atoms with Crippen LogP contribution in [0.2, 0.25) is 0 Å². The smallest absolute Gasteiger partial charge is 0.312 e. The van der Waals surface area contributed by atoms with Gasteiger partial charge in [0.1, 0.15) is 5.82 Å². The van der Waals surface area contributed by atoms with E-state index in [4.69, 9.17) is 4.74 Å². The van der Waals surface area contributed by atoms with Gasteiger partial charge < -0.3 is 19.4 Å². The summed E-state index contributed by atoms with van der Waals surface area (Å²) in [4.78, 5) is 34.7. The highest BCUT2D eigenvalue weighted by atomic mass is 16.5. The fourth-order valence-electron chi connectivity index (χ4n) is 3.29. The van der Waals surface area contributed by atoms with Gasteiger partial charge in [-0.25, -0.2) is 4.98 Å². The lowest BCUT2D eigenvalue weighted by molar-refractivity contribution is -0.158. The lowest BCUT2D eigenvalue weighted by Gasteiger charge is -2.38. The Balaban J connectivity index is 1.56. The van der Waals surface area contributed by atoms with Crippen LogP contribution in [-0.4, -0.2) is 78.1 Å². The first-order chi connectivity index (χ1) is 11.5. The summed E-state index contributed by atoms with van der Waals surface area (Å²) in [6.45, 7) is 7.24. The molecule has 130 valence electrons. The van der Waals surface area contributed by atoms with Crippen LogP contribution in [0.4, 0.5) is 5.82 Å². The summed E-state index contributed by atoms with van der Waals surface area (Å²) in [5.74, 6) is 0.0898. The maximum Gasteiger partial charge on any atom is 0.312 e. The van der Waals surface area contributed by atoms with E-state index < -0.39 is 11.8 Å². The number of nitrogens with zero attached hydrogens (tertiary/aromatic N) is 4. The van der Waals surface area contributed by atoms with Gasteiger partial charge in [0.2, 0.25) is 0 Å². The van der Waals surface area contributed by atoms with Gasteiger partial charge in [-0.3, -0.25) is 9.59 Å². The van der Waals surface area contributed by atoms with Gasteiger partial charge >= 0.3 is 11.8 Å². The van der Waals surface area contributed by atoms with Crippen molar-refractivity contribution < 1.29 is 14.3 Å². The second-order valence-corrected chi connectivity index (χ2v) is 6.43. The molecule has 2 aliphatic heterocycles. The summed E-state index contributed by atoms with van der Waals surface area (Å²) in [5.41, 5.74) is 0. The van der Waals surface area contributed by atoms with Gasteiger partial charge in [-0.15, -0.1) is 0 Å². The van der Waals surface area contributed by atoms with Crippen LogP contribution in [0.15, 0.2) is 24.4 Å². The van der Waals surface area contributed by atoms with Crippen molar-refractivity contribution in [2.45, 2.75) is 26.1 Å². The van der Waals surface area contributed by atoms with E-state index in [0.29, 0.717) is 39.3 Å². The average Bonchev–Trinajstić information content (AvgIpc) is 2.60. The fourth-order valence-corrected chi connectivity index (χ4v) is 3.29. The molecule has 2 aliphatic rings. The third kappa shape index (κ3) is 3.67. The Hall–Kier alpha value is -2.15. The van der Waals surface area contributed by atoms with Gasteiger partial charge in [0.15, 0.2) is 0 Å². The van der Waals surface area contributed by atoms with Crippen molar-refractivity contribution in [3.8, 4) is 0 Å². The Kier molecular flexibility index (Phi) is 4.99. The third-order valence-electron chi connectivity index (χ3n) is 4.43. The van der Waals surface area contributed by atoms with Crippen molar-refractivity contribution in [2.75, 3.05) is 44.2 Å². The quantitative estimate of drug-likeness (QED) is 0.695. The van der Waals surface area contributed by atoms with Crippen molar-refractivity contribution in [1.29, 1.82) is 0 Å². The topological polar surface area (TPSA) is 66.0 Å². The fraction of sp³-hybridized carbons (Fsp3) is 0.588. The lowest BCUT2D eigenvalue weighted by Crippen LogP contribution is -2.56. The first kappa shape index (κ1) is 16.7. The van der Waals surface area contributed by atoms with Crippen LogP contribution in [0.3, 0.4) is 0 Å². The number of amides is 2. The summed E-state index contributed by atoms with van der Waals surface area (Å²) < 4.78 is 5.62. The maximum atomic E-state index is 12.5. The van der Waals surface area contributed by atoms with E-state index in [1.54, 1.807) is 16.0 Å². The van der Waals surface area contributed by atoms with Crippen molar-refractivity contribution in [2.24, 2.45) is 0 Å². The van der Waals surface area contributed by atoms with Crippen LogP contribution in [0, 0.1) is 0 Å². The zero-order chi connectivity index (χ0) is 17.1. The highest BCUT2D eigenvalue weighted by Crippen LogP contribution is 2.15. The number of aromatic nitrogens is 1. The number of pyridine rings is 1. The molecule has 0 aliphatic carbocycles. The van der Waals surface area contributed by atoms with Crippen LogP contribution >= 0.6 is 0 Å². The Bertz CT molecular complexity index is 577. The van der Waals surface area contributed by atoms with Crippen LogP contribution in [0.5, 0.6) is 0 Å². The maximum absolute atomic E-state index is 12.5. The van der Waals surface area contributed by atoms with E-state index in [0.717, 1.165) is 5.82 Å². The summed E-state index contributed by atoms with van der Waals surface area (Å²) in [6.07, 6.45) is 1.69. The molecule has 7 heteroatoms. The number of rotatable bonds is 1. The molecular formula is C17H24N4O3. The van der Waals surface area contributed by atoms with E-state index in [2.05, 4.69) is 9.88 Å². The standard InChI is InChI=1S/C17H24N4O3/c1-13-11-21(12-14(2)24-13)17(23)16(22)20-9-7-19(8-10-20)15-5-3-4-6-18-15/h3-6,13-14H,7-12H2,1-2H3. The molecule has 3 rings (SSSR count). The Labute approximate surface area is 142 Å². The first-order valence-corrected chi connectivity index (χ1v) is 8.44. The number of piperazine rings is 1. The minimum atomic E-state index is -0.414. The highest BCUT2D eigenvalue weighted by Gasteiger charge is 2.33. The van der Waals surface area contributed by atoms with Crippen molar-refractivity contribution in [3.05, 3.63) is 24.4 Å². The summed E-state index contributed by atoms with van der Waals surface area (Å²) >= 11 is 0. The summed E-state index contributed by atoms with van der Waals surface area (Å²) in [7, 11) is 0. The predicted molar refractivity (Wildman–Crippen MR) is 89.6 cm³/mol. The molecule has 0 saturated carbocycles. The van der Waals surface area contributed by atoms with Gasteiger partial charge in [-0.1, -0.05) is 6.07 Å². The molecule has 24 heavy (non-hydrogen) atoms. The molecule has 3 heterocycles. The molecule has 7 nitrogen and oxygen atoms in total. The monoisotopic (exact) mass is 332 g/mol. The number of carbonyl (C=O) groups is 2. The van der Waals surface area contributed by atoms with Crippen molar-refractivity contribution >= 4 is 17.6 Å². The molecule has 0 radical (unpaired) electrons. The molecule has 2 amide bonds.